The Morgan fingerprint density at radius 2 is 1.76 bits per heavy atom. The van der Waals surface area contributed by atoms with Crippen LogP contribution < -0.4 is 4.74 Å². The molecule has 0 aliphatic carbocycles. The van der Waals surface area contributed by atoms with Gasteiger partial charge in [-0.2, -0.15) is 18.2 Å². The molecule has 1 fully saturated rings. The minimum absolute atomic E-state index is 0.0101. The molecule has 6 rings (SSSR count). The number of carboxylic acid groups (broad SMARTS) is 1. The van der Waals surface area contributed by atoms with E-state index in [9.17, 15) is 27.5 Å². The second-order valence-electron chi connectivity index (χ2n) is 10.3. The SMILES string of the molecule is O=C(O)c1ccc2nc(Cc3cc(F)c(-c4ccnc(OCc5ccc(C(F)(F)F)cc5F)n4)cc3F)n(C[C@@H]3CCO3)c2c1. The van der Waals surface area contributed by atoms with Crippen molar-refractivity contribution in [2.24, 2.45) is 0 Å². The summed E-state index contributed by atoms with van der Waals surface area (Å²) in [4.78, 5) is 24.0. The molecule has 0 radical (unpaired) electrons. The number of hydrogen-bond donors (Lipinski definition) is 1. The lowest BCUT2D eigenvalue weighted by atomic mass is 10.0. The summed E-state index contributed by atoms with van der Waals surface area (Å²) in [6, 6.07) is 9.38. The predicted octanol–water partition coefficient (Wildman–Crippen LogP) is 6.59. The molecule has 0 spiro atoms. The zero-order valence-corrected chi connectivity index (χ0v) is 23.1. The average Bonchev–Trinajstić information content (AvgIpc) is 3.31. The van der Waals surface area contributed by atoms with Crippen LogP contribution in [-0.2, 0) is 30.5 Å². The van der Waals surface area contributed by atoms with Crippen LogP contribution in [0, 0.1) is 17.5 Å². The van der Waals surface area contributed by atoms with E-state index in [1.165, 1.54) is 24.4 Å². The minimum atomic E-state index is -4.71. The maximum absolute atomic E-state index is 15.4. The molecule has 2 aromatic heterocycles. The summed E-state index contributed by atoms with van der Waals surface area (Å²) in [5.74, 6) is -3.44. The van der Waals surface area contributed by atoms with Gasteiger partial charge in [0.05, 0.1) is 40.5 Å². The van der Waals surface area contributed by atoms with Crippen molar-refractivity contribution in [1.82, 2.24) is 19.5 Å². The van der Waals surface area contributed by atoms with Crippen molar-refractivity contribution >= 4 is 17.0 Å². The maximum atomic E-state index is 15.4. The fraction of sp³-hybridized carbons (Fsp3) is 0.226. The topological polar surface area (TPSA) is 99.4 Å². The van der Waals surface area contributed by atoms with Gasteiger partial charge >= 0.3 is 18.2 Å². The summed E-state index contributed by atoms with van der Waals surface area (Å²) in [7, 11) is 0. The molecule has 1 aliphatic heterocycles. The van der Waals surface area contributed by atoms with E-state index in [1.807, 2.05) is 0 Å². The predicted molar refractivity (Wildman–Crippen MR) is 147 cm³/mol. The fourth-order valence-electron chi connectivity index (χ4n) is 4.91. The van der Waals surface area contributed by atoms with E-state index in [4.69, 9.17) is 9.47 Å². The van der Waals surface area contributed by atoms with E-state index in [-0.39, 0.29) is 46.5 Å². The van der Waals surface area contributed by atoms with Crippen LogP contribution in [0.5, 0.6) is 6.01 Å². The summed E-state index contributed by atoms with van der Waals surface area (Å²) < 4.78 is 96.0. The number of rotatable bonds is 9. The van der Waals surface area contributed by atoms with E-state index in [0.29, 0.717) is 42.1 Å². The van der Waals surface area contributed by atoms with Crippen molar-refractivity contribution in [3.63, 3.8) is 0 Å². The first-order chi connectivity index (χ1) is 21.5. The summed E-state index contributed by atoms with van der Waals surface area (Å²) in [5.41, 5.74) is -0.530. The maximum Gasteiger partial charge on any atom is 0.416 e. The van der Waals surface area contributed by atoms with Gasteiger partial charge in [0, 0.05) is 30.4 Å². The third-order valence-corrected chi connectivity index (χ3v) is 7.39. The number of carboxylic acids is 1. The first-order valence-electron chi connectivity index (χ1n) is 13.6. The van der Waals surface area contributed by atoms with E-state index >= 15 is 8.78 Å². The van der Waals surface area contributed by atoms with Crippen LogP contribution in [0.25, 0.3) is 22.3 Å². The highest BCUT2D eigenvalue weighted by atomic mass is 19.4. The van der Waals surface area contributed by atoms with Gasteiger partial charge in [-0.05, 0) is 60.5 Å². The monoisotopic (exact) mass is 628 g/mol. The molecule has 8 nitrogen and oxygen atoms in total. The highest BCUT2D eigenvalue weighted by Gasteiger charge is 2.31. The molecule has 0 unspecified atom stereocenters. The van der Waals surface area contributed by atoms with Crippen LogP contribution in [0.2, 0.25) is 0 Å². The van der Waals surface area contributed by atoms with Gasteiger partial charge in [0.1, 0.15) is 29.9 Å². The number of hydrogen-bond acceptors (Lipinski definition) is 6. The largest absolute Gasteiger partial charge is 0.478 e. The zero-order chi connectivity index (χ0) is 31.9. The van der Waals surface area contributed by atoms with E-state index < -0.39 is 41.8 Å². The lowest BCUT2D eigenvalue weighted by molar-refractivity contribution is -0.137. The Bertz CT molecular complexity index is 1920. The number of aromatic nitrogens is 4. The Balaban J connectivity index is 1.24. The number of benzene rings is 3. The summed E-state index contributed by atoms with van der Waals surface area (Å²) in [6.07, 6.45) is -2.94. The van der Waals surface area contributed by atoms with Crippen molar-refractivity contribution in [1.29, 1.82) is 0 Å². The molecular formula is C31H22F6N4O4. The van der Waals surface area contributed by atoms with Gasteiger partial charge in [-0.1, -0.05) is 6.07 Å². The standard InChI is InChI=1S/C31H22F6N4O4/c32-22-12-19(31(35,36)37)3-1-17(22)15-45-30-38-7-5-25(40-30)21-13-23(33)18(9-24(21)34)11-28-39-26-4-2-16(29(42)43)10-27(26)41(28)14-20-6-8-44-20/h1-5,7,9-10,12-13,20H,6,8,11,14-15H2,(H,42,43)/t20-/m0/s1. The number of halogens is 6. The Morgan fingerprint density at radius 1 is 0.978 bits per heavy atom. The molecule has 1 N–H and O–H groups in total. The summed E-state index contributed by atoms with van der Waals surface area (Å²) in [5, 5.41) is 9.44. The molecule has 14 heteroatoms. The Kier molecular flexibility index (Phi) is 7.91. The second-order valence-corrected chi connectivity index (χ2v) is 10.3. The van der Waals surface area contributed by atoms with Gasteiger partial charge in [-0.15, -0.1) is 0 Å². The number of alkyl halides is 3. The molecule has 1 aliphatic rings. The number of aromatic carboxylic acids is 1. The van der Waals surface area contributed by atoms with Crippen molar-refractivity contribution in [2.45, 2.75) is 38.3 Å². The zero-order valence-electron chi connectivity index (χ0n) is 23.1. The van der Waals surface area contributed by atoms with Crippen LogP contribution >= 0.6 is 0 Å². The molecule has 3 aromatic carbocycles. The average molecular weight is 629 g/mol. The minimum Gasteiger partial charge on any atom is -0.478 e. The number of carbonyl (C=O) groups is 1. The molecule has 5 aromatic rings. The molecule has 45 heavy (non-hydrogen) atoms. The molecule has 1 saturated heterocycles. The normalized spacial score (nSPS) is 14.8. The van der Waals surface area contributed by atoms with Gasteiger partial charge in [-0.25, -0.2) is 27.9 Å². The van der Waals surface area contributed by atoms with Gasteiger partial charge < -0.3 is 19.1 Å². The van der Waals surface area contributed by atoms with Crippen LogP contribution in [0.15, 0.2) is 60.8 Å². The van der Waals surface area contributed by atoms with Crippen LogP contribution in [0.3, 0.4) is 0 Å². The van der Waals surface area contributed by atoms with E-state index in [1.54, 1.807) is 10.6 Å². The number of imidazole rings is 1. The van der Waals surface area contributed by atoms with Crippen molar-refractivity contribution in [3.8, 4) is 17.3 Å². The number of ether oxygens (including phenoxy) is 2. The van der Waals surface area contributed by atoms with E-state index in [0.717, 1.165) is 24.6 Å². The van der Waals surface area contributed by atoms with Crippen molar-refractivity contribution in [2.75, 3.05) is 6.61 Å². The molecule has 232 valence electrons. The summed E-state index contributed by atoms with van der Waals surface area (Å²) >= 11 is 0. The number of nitrogens with zero attached hydrogens (tertiary/aromatic N) is 4. The van der Waals surface area contributed by atoms with Crippen molar-refractivity contribution < 1.29 is 45.7 Å². The molecule has 1 atom stereocenters. The highest BCUT2D eigenvalue weighted by Crippen LogP contribution is 2.31. The van der Waals surface area contributed by atoms with Crippen molar-refractivity contribution in [3.05, 3.63) is 106 Å². The van der Waals surface area contributed by atoms with Crippen LogP contribution in [-0.4, -0.2) is 43.3 Å². The molecule has 0 bridgehead atoms. The lowest BCUT2D eigenvalue weighted by Gasteiger charge is -2.27. The fourth-order valence-corrected chi connectivity index (χ4v) is 4.91. The second kappa shape index (κ2) is 11.8. The molecule has 0 saturated carbocycles. The van der Waals surface area contributed by atoms with Gasteiger partial charge in [-0.3, -0.25) is 0 Å². The first kappa shape index (κ1) is 30.1. The first-order valence-corrected chi connectivity index (χ1v) is 13.6. The third kappa shape index (κ3) is 6.32. The van der Waals surface area contributed by atoms with Crippen LogP contribution in [0.1, 0.15) is 39.3 Å². The Hall–Kier alpha value is -4.98. The Morgan fingerprint density at radius 3 is 2.44 bits per heavy atom. The smallest absolute Gasteiger partial charge is 0.416 e. The number of fused-ring (bicyclic) bond motifs is 1. The highest BCUT2D eigenvalue weighted by molar-refractivity contribution is 5.92. The van der Waals surface area contributed by atoms with Gasteiger partial charge in [0.2, 0.25) is 0 Å². The lowest BCUT2D eigenvalue weighted by Crippen LogP contribution is -2.31. The van der Waals surface area contributed by atoms with Gasteiger partial charge in [0.25, 0.3) is 0 Å². The molecule has 3 heterocycles. The quantitative estimate of drug-likeness (QED) is 0.184. The Labute approximate surface area is 250 Å². The van der Waals surface area contributed by atoms with Gasteiger partial charge in [0.15, 0.2) is 0 Å². The molecular weight excluding hydrogens is 606 g/mol. The summed E-state index contributed by atoms with van der Waals surface area (Å²) in [6.45, 7) is 0.442. The van der Waals surface area contributed by atoms with E-state index in [2.05, 4.69) is 15.0 Å². The third-order valence-electron chi connectivity index (χ3n) is 7.39. The molecule has 0 amide bonds. The van der Waals surface area contributed by atoms with Crippen LogP contribution in [0.4, 0.5) is 26.3 Å².